The van der Waals surface area contributed by atoms with E-state index in [-0.39, 0.29) is 23.3 Å². The predicted octanol–water partition coefficient (Wildman–Crippen LogP) is 2.61. The number of methoxy groups -OCH3 is 1. The number of pyridine rings is 1. The van der Waals surface area contributed by atoms with E-state index in [0.717, 1.165) is 18.4 Å². The Bertz CT molecular complexity index is 801. The fourth-order valence-corrected chi connectivity index (χ4v) is 3.23. The number of rotatable bonds is 5. The third-order valence-corrected chi connectivity index (χ3v) is 4.54. The zero-order valence-electron chi connectivity index (χ0n) is 14.2. The van der Waals surface area contributed by atoms with Gasteiger partial charge in [-0.2, -0.15) is 0 Å². The summed E-state index contributed by atoms with van der Waals surface area (Å²) in [5.41, 5.74) is 1.25. The molecule has 1 fully saturated rings. The first-order valence-electron chi connectivity index (χ1n) is 8.36. The van der Waals surface area contributed by atoms with Crippen LogP contribution in [-0.2, 0) is 11.3 Å². The molecule has 1 atom stereocenters. The highest BCUT2D eigenvalue weighted by atomic mass is 19.1. The van der Waals surface area contributed by atoms with Crippen LogP contribution < -0.4 is 5.56 Å². The largest absolute Gasteiger partial charge is 0.383 e. The molecule has 2 heterocycles. The highest BCUT2D eigenvalue weighted by molar-refractivity contribution is 5.94. The number of nitrogens with zero attached hydrogens (tertiary/aromatic N) is 2. The number of carbonyl (C=O) groups excluding carboxylic acids is 1. The van der Waals surface area contributed by atoms with Crippen molar-refractivity contribution in [3.8, 4) is 0 Å². The number of halogens is 1. The lowest BCUT2D eigenvalue weighted by Crippen LogP contribution is -2.32. The topological polar surface area (TPSA) is 51.5 Å². The molecule has 1 aliphatic heterocycles. The molecule has 5 nitrogen and oxygen atoms in total. The Morgan fingerprint density at radius 3 is 2.72 bits per heavy atom. The van der Waals surface area contributed by atoms with Gasteiger partial charge in [-0.25, -0.2) is 4.39 Å². The quantitative estimate of drug-likeness (QED) is 0.838. The van der Waals surface area contributed by atoms with Gasteiger partial charge in [-0.15, -0.1) is 0 Å². The van der Waals surface area contributed by atoms with Crippen LogP contribution in [0.15, 0.2) is 47.4 Å². The van der Waals surface area contributed by atoms with E-state index in [9.17, 15) is 14.0 Å². The molecule has 0 radical (unpaired) electrons. The van der Waals surface area contributed by atoms with Gasteiger partial charge >= 0.3 is 0 Å². The maximum absolute atomic E-state index is 13.2. The van der Waals surface area contributed by atoms with Crippen LogP contribution in [0, 0.1) is 5.82 Å². The summed E-state index contributed by atoms with van der Waals surface area (Å²) in [5.74, 6) is -0.400. The standard InChI is InChI=1S/C19H21FN2O3/c1-25-12-11-21-13-15(6-9-18(21)23)19(24)22-10-2-3-17(22)14-4-7-16(20)8-5-14/h4-9,13,17H,2-3,10-12H2,1H3/t17-/m1/s1. The van der Waals surface area contributed by atoms with E-state index in [1.807, 2.05) is 0 Å². The van der Waals surface area contributed by atoms with Crippen LogP contribution in [-0.4, -0.2) is 35.6 Å². The average Bonchev–Trinajstić information content (AvgIpc) is 3.11. The van der Waals surface area contributed by atoms with Gasteiger partial charge < -0.3 is 14.2 Å². The Morgan fingerprint density at radius 2 is 2.00 bits per heavy atom. The summed E-state index contributed by atoms with van der Waals surface area (Å²) in [6.07, 6.45) is 3.33. The number of likely N-dealkylation sites (tertiary alicyclic amines) is 1. The smallest absolute Gasteiger partial charge is 0.255 e. The molecule has 0 bridgehead atoms. The molecular weight excluding hydrogens is 323 g/mol. The van der Waals surface area contributed by atoms with Crippen molar-refractivity contribution in [1.29, 1.82) is 0 Å². The molecule has 6 heteroatoms. The molecule has 0 aliphatic carbocycles. The Morgan fingerprint density at radius 1 is 1.24 bits per heavy atom. The summed E-state index contributed by atoms with van der Waals surface area (Å²) in [6, 6.07) is 9.20. The van der Waals surface area contributed by atoms with Gasteiger partial charge in [-0.3, -0.25) is 9.59 Å². The summed E-state index contributed by atoms with van der Waals surface area (Å²) in [6.45, 7) is 1.45. The van der Waals surface area contributed by atoms with Crippen LogP contribution in [0.1, 0.15) is 34.8 Å². The van der Waals surface area contributed by atoms with E-state index in [2.05, 4.69) is 0 Å². The Balaban J connectivity index is 1.84. The zero-order chi connectivity index (χ0) is 17.8. The lowest BCUT2D eigenvalue weighted by atomic mass is 10.0. The second kappa shape index (κ2) is 7.61. The Hall–Kier alpha value is -2.47. The highest BCUT2D eigenvalue weighted by Crippen LogP contribution is 2.33. The summed E-state index contributed by atoms with van der Waals surface area (Å²) in [4.78, 5) is 26.6. The second-order valence-corrected chi connectivity index (χ2v) is 6.15. The van der Waals surface area contributed by atoms with Gasteiger partial charge in [0.15, 0.2) is 0 Å². The molecule has 1 aromatic heterocycles. The van der Waals surface area contributed by atoms with Gasteiger partial charge in [0.05, 0.1) is 18.2 Å². The molecule has 1 saturated heterocycles. The summed E-state index contributed by atoms with van der Waals surface area (Å²) >= 11 is 0. The third kappa shape index (κ3) is 3.79. The van der Waals surface area contributed by atoms with Crippen molar-refractivity contribution in [3.05, 3.63) is 69.9 Å². The van der Waals surface area contributed by atoms with Gasteiger partial charge in [-0.1, -0.05) is 12.1 Å². The fourth-order valence-electron chi connectivity index (χ4n) is 3.23. The number of aromatic nitrogens is 1. The molecule has 0 spiro atoms. The van der Waals surface area contributed by atoms with Gasteiger partial charge in [-0.05, 0) is 36.6 Å². The van der Waals surface area contributed by atoms with Crippen LogP contribution in [0.2, 0.25) is 0 Å². The third-order valence-electron chi connectivity index (χ3n) is 4.54. The number of carbonyl (C=O) groups is 1. The predicted molar refractivity (Wildman–Crippen MR) is 92.0 cm³/mol. The molecule has 0 unspecified atom stereocenters. The summed E-state index contributed by atoms with van der Waals surface area (Å²) in [5, 5.41) is 0. The number of benzene rings is 1. The summed E-state index contributed by atoms with van der Waals surface area (Å²) < 4.78 is 19.6. The fraction of sp³-hybridized carbons (Fsp3) is 0.368. The minimum absolute atomic E-state index is 0.0625. The monoisotopic (exact) mass is 344 g/mol. The molecule has 1 amide bonds. The minimum Gasteiger partial charge on any atom is -0.383 e. The molecule has 2 aromatic rings. The molecule has 1 aliphatic rings. The highest BCUT2D eigenvalue weighted by Gasteiger charge is 2.30. The number of amides is 1. The minimum atomic E-state index is -0.287. The van der Waals surface area contributed by atoms with Crippen LogP contribution in [0.25, 0.3) is 0 Å². The number of ether oxygens (including phenoxy) is 1. The molecule has 1 aromatic carbocycles. The van der Waals surface area contributed by atoms with Crippen molar-refractivity contribution in [2.24, 2.45) is 0 Å². The van der Waals surface area contributed by atoms with Crippen LogP contribution in [0.5, 0.6) is 0 Å². The van der Waals surface area contributed by atoms with Gasteiger partial charge in [0.25, 0.3) is 11.5 Å². The molecule has 3 rings (SSSR count). The molecule has 0 saturated carbocycles. The molecule has 132 valence electrons. The average molecular weight is 344 g/mol. The van der Waals surface area contributed by atoms with Gasteiger partial charge in [0.1, 0.15) is 5.82 Å². The molecular formula is C19H21FN2O3. The van der Waals surface area contributed by atoms with E-state index < -0.39 is 0 Å². The van der Waals surface area contributed by atoms with Crippen LogP contribution in [0.3, 0.4) is 0 Å². The van der Waals surface area contributed by atoms with Gasteiger partial charge in [0.2, 0.25) is 0 Å². The van der Waals surface area contributed by atoms with Crippen molar-refractivity contribution in [2.45, 2.75) is 25.4 Å². The lowest BCUT2D eigenvalue weighted by molar-refractivity contribution is 0.0734. The number of hydrogen-bond donors (Lipinski definition) is 0. The maximum atomic E-state index is 13.2. The van der Waals surface area contributed by atoms with Crippen molar-refractivity contribution in [1.82, 2.24) is 9.47 Å². The zero-order valence-corrected chi connectivity index (χ0v) is 14.2. The SMILES string of the molecule is COCCn1cc(C(=O)N2CCC[C@@H]2c2ccc(F)cc2)ccc1=O. The van der Waals surface area contributed by atoms with Crippen LogP contribution >= 0.6 is 0 Å². The Labute approximate surface area is 145 Å². The van der Waals surface area contributed by atoms with Crippen molar-refractivity contribution in [3.63, 3.8) is 0 Å². The second-order valence-electron chi connectivity index (χ2n) is 6.15. The summed E-state index contributed by atoms with van der Waals surface area (Å²) in [7, 11) is 1.57. The molecule has 0 N–H and O–H groups in total. The first-order valence-corrected chi connectivity index (χ1v) is 8.36. The van der Waals surface area contributed by atoms with E-state index >= 15 is 0 Å². The Kier molecular flexibility index (Phi) is 5.28. The lowest BCUT2D eigenvalue weighted by Gasteiger charge is -2.25. The van der Waals surface area contributed by atoms with E-state index in [1.165, 1.54) is 22.8 Å². The van der Waals surface area contributed by atoms with E-state index in [1.54, 1.807) is 36.4 Å². The number of hydrogen-bond acceptors (Lipinski definition) is 3. The van der Waals surface area contributed by atoms with Crippen molar-refractivity contribution < 1.29 is 13.9 Å². The maximum Gasteiger partial charge on any atom is 0.255 e. The van der Waals surface area contributed by atoms with E-state index in [0.29, 0.717) is 25.3 Å². The van der Waals surface area contributed by atoms with Gasteiger partial charge in [0, 0.05) is 32.5 Å². The van der Waals surface area contributed by atoms with Crippen molar-refractivity contribution >= 4 is 5.91 Å². The van der Waals surface area contributed by atoms with Crippen LogP contribution in [0.4, 0.5) is 4.39 Å². The van der Waals surface area contributed by atoms with Crippen molar-refractivity contribution in [2.75, 3.05) is 20.3 Å². The first kappa shape index (κ1) is 17.4. The van der Waals surface area contributed by atoms with E-state index in [4.69, 9.17) is 4.74 Å². The first-order chi connectivity index (χ1) is 12.1. The normalized spacial score (nSPS) is 17.0. The molecule has 25 heavy (non-hydrogen) atoms.